The zero-order valence-electron chi connectivity index (χ0n) is 10.7. The minimum Gasteiger partial charge on any atom is -0.351 e. The summed E-state index contributed by atoms with van der Waals surface area (Å²) in [5, 5.41) is 5.37. The number of likely N-dealkylation sites (tertiary alicyclic amines) is 1. The van der Waals surface area contributed by atoms with Crippen LogP contribution >= 0.6 is 11.3 Å². The second-order valence-corrected chi connectivity index (χ2v) is 6.57. The Morgan fingerprint density at radius 1 is 1.33 bits per heavy atom. The highest BCUT2D eigenvalue weighted by Gasteiger charge is 2.38. The van der Waals surface area contributed by atoms with Crippen molar-refractivity contribution in [3.63, 3.8) is 0 Å². The lowest BCUT2D eigenvalue weighted by Gasteiger charge is -2.27. The third-order valence-corrected chi connectivity index (χ3v) is 5.09. The predicted octanol–water partition coefficient (Wildman–Crippen LogP) is 2.38. The molecule has 1 aromatic rings. The van der Waals surface area contributed by atoms with Crippen molar-refractivity contribution in [2.45, 2.75) is 44.2 Å². The van der Waals surface area contributed by atoms with Gasteiger partial charge in [0.2, 0.25) is 5.91 Å². The highest BCUT2D eigenvalue weighted by atomic mass is 32.1. The van der Waals surface area contributed by atoms with Gasteiger partial charge in [0.1, 0.15) is 0 Å². The summed E-state index contributed by atoms with van der Waals surface area (Å²) < 4.78 is 0. The van der Waals surface area contributed by atoms with Gasteiger partial charge in [-0.05, 0) is 43.7 Å². The number of thiophene rings is 1. The van der Waals surface area contributed by atoms with Gasteiger partial charge in [-0.1, -0.05) is 6.07 Å². The molecule has 1 amide bonds. The molecule has 3 nitrogen and oxygen atoms in total. The van der Waals surface area contributed by atoms with Gasteiger partial charge in [-0.3, -0.25) is 9.69 Å². The average molecular weight is 264 g/mol. The number of hydrogen-bond donors (Lipinski definition) is 1. The molecule has 1 aromatic heterocycles. The van der Waals surface area contributed by atoms with Crippen molar-refractivity contribution in [3.8, 4) is 0 Å². The highest BCUT2D eigenvalue weighted by Crippen LogP contribution is 2.31. The van der Waals surface area contributed by atoms with Crippen LogP contribution in [0.2, 0.25) is 0 Å². The topological polar surface area (TPSA) is 32.3 Å². The van der Waals surface area contributed by atoms with Crippen LogP contribution in [0.1, 0.15) is 37.0 Å². The minimum atomic E-state index is 0.126. The monoisotopic (exact) mass is 264 g/mol. The summed E-state index contributed by atoms with van der Waals surface area (Å²) >= 11 is 1.84. The lowest BCUT2D eigenvalue weighted by Crippen LogP contribution is -2.42. The Bertz CT molecular complexity index is 417. The van der Waals surface area contributed by atoms with Crippen molar-refractivity contribution < 1.29 is 4.79 Å². The molecule has 3 heterocycles. The fourth-order valence-electron chi connectivity index (χ4n) is 3.18. The maximum absolute atomic E-state index is 11.4. The van der Waals surface area contributed by atoms with Crippen molar-refractivity contribution in [1.29, 1.82) is 0 Å². The second kappa shape index (κ2) is 5.02. The molecule has 0 saturated carbocycles. The van der Waals surface area contributed by atoms with Gasteiger partial charge in [0.05, 0.1) is 0 Å². The van der Waals surface area contributed by atoms with Crippen LogP contribution in [0.25, 0.3) is 0 Å². The number of amides is 1. The van der Waals surface area contributed by atoms with Crippen LogP contribution in [0.5, 0.6) is 0 Å². The van der Waals surface area contributed by atoms with Crippen molar-refractivity contribution in [3.05, 3.63) is 22.4 Å². The molecule has 2 aliphatic heterocycles. The Labute approximate surface area is 112 Å². The van der Waals surface area contributed by atoms with E-state index >= 15 is 0 Å². The van der Waals surface area contributed by atoms with Crippen molar-refractivity contribution in [1.82, 2.24) is 10.2 Å². The van der Waals surface area contributed by atoms with Crippen molar-refractivity contribution in [2.24, 2.45) is 0 Å². The summed E-state index contributed by atoms with van der Waals surface area (Å²) in [6, 6.07) is 4.33. The summed E-state index contributed by atoms with van der Waals surface area (Å²) in [5.74, 6) is 0.252. The molecular formula is C14H20N2OS. The number of nitrogens with zero attached hydrogens (tertiary/aromatic N) is 1. The molecule has 98 valence electrons. The number of nitrogens with one attached hydrogen (secondary N) is 1. The van der Waals surface area contributed by atoms with Crippen LogP contribution in [0.15, 0.2) is 17.5 Å². The Balaban J connectivity index is 1.60. The van der Waals surface area contributed by atoms with Gasteiger partial charge >= 0.3 is 0 Å². The minimum absolute atomic E-state index is 0.126. The van der Waals surface area contributed by atoms with Gasteiger partial charge in [0.15, 0.2) is 0 Å². The standard InChI is InChI=1S/C14H20N2OS/c17-13-4-6-14(15-13)5-2-8-16(9-7-14)11-12-3-1-10-18-12/h1,3,10H,2,4-9,11H2,(H,15,17). The third kappa shape index (κ3) is 2.59. The molecule has 2 saturated heterocycles. The predicted molar refractivity (Wildman–Crippen MR) is 73.6 cm³/mol. The van der Waals surface area contributed by atoms with Crippen LogP contribution in [-0.4, -0.2) is 29.4 Å². The van der Waals surface area contributed by atoms with Gasteiger partial charge in [-0.2, -0.15) is 0 Å². The van der Waals surface area contributed by atoms with Crippen molar-refractivity contribution >= 4 is 17.2 Å². The van der Waals surface area contributed by atoms with E-state index in [1.807, 2.05) is 11.3 Å². The second-order valence-electron chi connectivity index (χ2n) is 5.54. The quantitative estimate of drug-likeness (QED) is 0.889. The molecule has 0 aliphatic carbocycles. The normalized spacial score (nSPS) is 29.4. The fraction of sp³-hybridized carbons (Fsp3) is 0.643. The van der Waals surface area contributed by atoms with Gasteiger partial charge in [-0.15, -0.1) is 11.3 Å². The summed E-state index contributed by atoms with van der Waals surface area (Å²) in [6.45, 7) is 3.34. The van der Waals surface area contributed by atoms with Crippen LogP contribution in [-0.2, 0) is 11.3 Å². The molecule has 2 aliphatic rings. The van der Waals surface area contributed by atoms with Gasteiger partial charge in [-0.25, -0.2) is 0 Å². The molecule has 1 unspecified atom stereocenters. The van der Waals surface area contributed by atoms with Crippen LogP contribution in [0, 0.1) is 0 Å². The first-order valence-corrected chi connectivity index (χ1v) is 7.70. The molecule has 4 heteroatoms. The fourth-order valence-corrected chi connectivity index (χ4v) is 3.93. The SMILES string of the molecule is O=C1CCC2(CCCN(Cc3cccs3)CC2)N1. The molecule has 0 aromatic carbocycles. The zero-order chi connectivity index (χ0) is 12.4. The molecular weight excluding hydrogens is 244 g/mol. The van der Waals surface area contributed by atoms with Gasteiger partial charge in [0, 0.05) is 29.9 Å². The third-order valence-electron chi connectivity index (χ3n) is 4.23. The first-order chi connectivity index (χ1) is 8.76. The summed E-state index contributed by atoms with van der Waals surface area (Å²) in [7, 11) is 0. The number of rotatable bonds is 2. The van der Waals surface area contributed by atoms with E-state index in [0.717, 1.165) is 45.3 Å². The molecule has 2 fully saturated rings. The molecule has 0 radical (unpaired) electrons. The van der Waals surface area contributed by atoms with Crippen LogP contribution < -0.4 is 5.32 Å². The van der Waals surface area contributed by atoms with Crippen molar-refractivity contribution in [2.75, 3.05) is 13.1 Å². The maximum Gasteiger partial charge on any atom is 0.220 e. The van der Waals surface area contributed by atoms with E-state index in [0.29, 0.717) is 0 Å². The van der Waals surface area contributed by atoms with Crippen LogP contribution in [0.4, 0.5) is 0 Å². The summed E-state index contributed by atoms with van der Waals surface area (Å²) in [5.41, 5.74) is 0.126. The largest absolute Gasteiger partial charge is 0.351 e. The van der Waals surface area contributed by atoms with Gasteiger partial charge < -0.3 is 5.32 Å². The first kappa shape index (κ1) is 12.2. The Kier molecular flexibility index (Phi) is 3.39. The number of carbonyl (C=O) groups is 1. The van der Waals surface area contributed by atoms with E-state index in [4.69, 9.17) is 0 Å². The summed E-state index contributed by atoms with van der Waals surface area (Å²) in [4.78, 5) is 15.4. The smallest absolute Gasteiger partial charge is 0.220 e. The molecule has 0 bridgehead atoms. The lowest BCUT2D eigenvalue weighted by molar-refractivity contribution is -0.119. The summed E-state index contributed by atoms with van der Waals surface area (Å²) in [6.07, 6.45) is 5.24. The van der Waals surface area contributed by atoms with E-state index in [1.165, 1.54) is 11.3 Å². The lowest BCUT2D eigenvalue weighted by atomic mass is 9.89. The van der Waals surface area contributed by atoms with E-state index < -0.39 is 0 Å². The first-order valence-electron chi connectivity index (χ1n) is 6.82. The molecule has 3 rings (SSSR count). The zero-order valence-corrected chi connectivity index (χ0v) is 11.5. The van der Waals surface area contributed by atoms with E-state index in [-0.39, 0.29) is 11.4 Å². The molecule has 18 heavy (non-hydrogen) atoms. The Morgan fingerprint density at radius 2 is 2.28 bits per heavy atom. The molecule has 1 spiro atoms. The highest BCUT2D eigenvalue weighted by molar-refractivity contribution is 7.09. The Morgan fingerprint density at radius 3 is 3.00 bits per heavy atom. The Hall–Kier alpha value is -0.870. The maximum atomic E-state index is 11.4. The number of carbonyl (C=O) groups excluding carboxylic acids is 1. The van der Waals surface area contributed by atoms with E-state index in [1.54, 1.807) is 0 Å². The van der Waals surface area contributed by atoms with Crippen LogP contribution in [0.3, 0.4) is 0 Å². The van der Waals surface area contributed by atoms with E-state index in [2.05, 4.69) is 27.7 Å². The molecule has 1 atom stereocenters. The number of hydrogen-bond acceptors (Lipinski definition) is 3. The average Bonchev–Trinajstić information content (AvgIpc) is 2.92. The van der Waals surface area contributed by atoms with Gasteiger partial charge in [0.25, 0.3) is 0 Å². The van der Waals surface area contributed by atoms with E-state index in [9.17, 15) is 4.79 Å². The molecule has 1 N–H and O–H groups in total.